The first-order valence-corrected chi connectivity index (χ1v) is 9.41. The molecule has 0 atom stereocenters. The van der Waals surface area contributed by atoms with E-state index in [0.717, 1.165) is 61.7 Å². The number of nitrogens with zero attached hydrogens (tertiary/aromatic N) is 2. The Labute approximate surface area is 159 Å². The Balaban J connectivity index is 1.32. The van der Waals surface area contributed by atoms with E-state index in [0.29, 0.717) is 6.01 Å². The quantitative estimate of drug-likeness (QED) is 0.646. The predicted octanol–water partition coefficient (Wildman–Crippen LogP) is 4.20. The van der Waals surface area contributed by atoms with Crippen molar-refractivity contribution < 1.29 is 4.42 Å². The Morgan fingerprint density at radius 3 is 2.92 bits per heavy atom. The normalized spacial score (nSPS) is 14.1. The summed E-state index contributed by atoms with van der Waals surface area (Å²) < 4.78 is 5.49. The molecule has 0 unspecified atom stereocenters. The summed E-state index contributed by atoms with van der Waals surface area (Å²) in [5.74, 6) is 0. The van der Waals surface area contributed by atoms with E-state index >= 15 is 0 Å². The van der Waals surface area contributed by atoms with E-state index in [-0.39, 0.29) is 0 Å². The zero-order valence-corrected chi connectivity index (χ0v) is 15.9. The average Bonchev–Trinajstić information content (AvgIpc) is 3.07. The monoisotopic (exact) mass is 372 g/mol. The number of aromatic nitrogens is 2. The lowest BCUT2D eigenvalue weighted by molar-refractivity contribution is 0.566. The molecule has 1 aliphatic rings. The van der Waals surface area contributed by atoms with Gasteiger partial charge in [-0.05, 0) is 56.5 Å². The molecule has 0 radical (unpaired) electrons. The second-order valence-electron chi connectivity index (χ2n) is 6.49. The number of pyridine rings is 1. The van der Waals surface area contributed by atoms with Gasteiger partial charge in [0, 0.05) is 36.4 Å². The van der Waals surface area contributed by atoms with Crippen LogP contribution in [-0.2, 0) is 6.42 Å². The molecule has 3 rings (SSSR count). The maximum absolute atomic E-state index is 5.97. The van der Waals surface area contributed by atoms with Gasteiger partial charge in [-0.15, -0.1) is 0 Å². The van der Waals surface area contributed by atoms with Crippen molar-refractivity contribution >= 4 is 17.6 Å². The van der Waals surface area contributed by atoms with Crippen LogP contribution in [0.1, 0.15) is 36.2 Å². The van der Waals surface area contributed by atoms with Crippen LogP contribution < -0.4 is 10.6 Å². The largest absolute Gasteiger partial charge is 0.432 e. The second kappa shape index (κ2) is 9.55. The summed E-state index contributed by atoms with van der Waals surface area (Å²) in [6.45, 7) is 4.60. The fourth-order valence-corrected chi connectivity index (χ4v) is 3.05. The van der Waals surface area contributed by atoms with Gasteiger partial charge in [-0.25, -0.2) is 0 Å². The molecule has 6 heteroatoms. The summed E-state index contributed by atoms with van der Waals surface area (Å²) in [6.07, 6.45) is 11.5. The molecule has 0 saturated carbocycles. The molecule has 0 fully saturated rings. The van der Waals surface area contributed by atoms with Crippen LogP contribution in [0.2, 0.25) is 0 Å². The van der Waals surface area contributed by atoms with Gasteiger partial charge in [0.1, 0.15) is 6.26 Å². The molecule has 26 heavy (non-hydrogen) atoms. The van der Waals surface area contributed by atoms with Gasteiger partial charge < -0.3 is 15.1 Å². The fraction of sp³-hybridized carbons (Fsp3) is 0.400. The van der Waals surface area contributed by atoms with Crippen LogP contribution in [0.5, 0.6) is 0 Å². The maximum atomic E-state index is 5.97. The molecule has 2 aromatic heterocycles. The number of allylic oxidation sites excluding steroid dienone is 3. The van der Waals surface area contributed by atoms with Crippen LogP contribution in [0.25, 0.3) is 0 Å². The maximum Gasteiger partial charge on any atom is 0.294 e. The smallest absolute Gasteiger partial charge is 0.294 e. The lowest BCUT2D eigenvalue weighted by Gasteiger charge is -2.11. The van der Waals surface area contributed by atoms with Crippen LogP contribution in [0.3, 0.4) is 0 Å². The summed E-state index contributed by atoms with van der Waals surface area (Å²) in [7, 11) is 0. The summed E-state index contributed by atoms with van der Waals surface area (Å²) in [4.78, 5) is 8.69. The van der Waals surface area contributed by atoms with Crippen molar-refractivity contribution in [2.24, 2.45) is 0 Å². The van der Waals surface area contributed by atoms with E-state index in [2.05, 4.69) is 32.7 Å². The molecule has 2 heterocycles. The van der Waals surface area contributed by atoms with Crippen molar-refractivity contribution in [1.82, 2.24) is 15.3 Å². The zero-order valence-electron chi connectivity index (χ0n) is 15.1. The van der Waals surface area contributed by atoms with E-state index in [1.807, 2.05) is 25.3 Å². The number of oxazole rings is 1. The van der Waals surface area contributed by atoms with Crippen molar-refractivity contribution in [2.45, 2.75) is 32.6 Å². The molecule has 1 aliphatic carbocycles. The number of hydrogen-bond donors (Lipinski definition) is 2. The first-order chi connectivity index (χ1) is 12.7. The SMILES string of the molecule is Cc1cc(Cc2coc(NCCNCCC3=CC=C(Cl)CC3)n2)ccn1. The number of nitrogens with one attached hydrogen (secondary N) is 2. The van der Waals surface area contributed by atoms with Crippen molar-refractivity contribution in [1.29, 1.82) is 0 Å². The van der Waals surface area contributed by atoms with Gasteiger partial charge in [-0.3, -0.25) is 4.98 Å². The molecule has 0 spiro atoms. The van der Waals surface area contributed by atoms with E-state index in [1.165, 1.54) is 11.1 Å². The third-order valence-corrected chi connectivity index (χ3v) is 4.60. The first-order valence-electron chi connectivity index (χ1n) is 9.03. The molecular weight excluding hydrogens is 348 g/mol. The van der Waals surface area contributed by atoms with Gasteiger partial charge in [0.25, 0.3) is 6.01 Å². The van der Waals surface area contributed by atoms with Crippen LogP contribution in [0, 0.1) is 6.92 Å². The van der Waals surface area contributed by atoms with Crippen LogP contribution in [0.15, 0.2) is 51.8 Å². The molecule has 0 aromatic carbocycles. The summed E-state index contributed by atoms with van der Waals surface area (Å²) >= 11 is 5.97. The Morgan fingerprint density at radius 1 is 1.19 bits per heavy atom. The van der Waals surface area contributed by atoms with Gasteiger partial charge in [0.05, 0.1) is 5.69 Å². The third kappa shape index (κ3) is 6.00. The lowest BCUT2D eigenvalue weighted by Crippen LogP contribution is -2.23. The summed E-state index contributed by atoms with van der Waals surface area (Å²) in [6, 6.07) is 4.64. The lowest BCUT2D eigenvalue weighted by atomic mass is 10.0. The summed E-state index contributed by atoms with van der Waals surface area (Å²) in [5.41, 5.74) is 4.58. The molecule has 0 amide bonds. The fourth-order valence-electron chi connectivity index (χ4n) is 2.89. The van der Waals surface area contributed by atoms with Crippen molar-refractivity contribution in [3.63, 3.8) is 0 Å². The van der Waals surface area contributed by atoms with Crippen molar-refractivity contribution in [3.05, 3.63) is 64.3 Å². The highest BCUT2D eigenvalue weighted by molar-refractivity contribution is 6.29. The van der Waals surface area contributed by atoms with Crippen molar-refractivity contribution in [3.8, 4) is 0 Å². The van der Waals surface area contributed by atoms with Crippen LogP contribution >= 0.6 is 11.6 Å². The first kappa shape index (κ1) is 18.7. The second-order valence-corrected chi connectivity index (χ2v) is 6.98. The minimum Gasteiger partial charge on any atom is -0.432 e. The predicted molar refractivity (Wildman–Crippen MR) is 106 cm³/mol. The van der Waals surface area contributed by atoms with E-state index in [4.69, 9.17) is 16.0 Å². The summed E-state index contributed by atoms with van der Waals surface area (Å²) in [5, 5.41) is 7.60. The molecule has 0 bridgehead atoms. The zero-order chi connectivity index (χ0) is 18.2. The Morgan fingerprint density at radius 2 is 2.12 bits per heavy atom. The van der Waals surface area contributed by atoms with E-state index in [9.17, 15) is 0 Å². The van der Waals surface area contributed by atoms with E-state index in [1.54, 1.807) is 6.26 Å². The van der Waals surface area contributed by atoms with Crippen LogP contribution in [0.4, 0.5) is 6.01 Å². The highest BCUT2D eigenvalue weighted by Gasteiger charge is 2.06. The Hall–Kier alpha value is -2.11. The number of hydrogen-bond acceptors (Lipinski definition) is 5. The van der Waals surface area contributed by atoms with Crippen LogP contribution in [-0.4, -0.2) is 29.6 Å². The van der Waals surface area contributed by atoms with Gasteiger partial charge in [-0.2, -0.15) is 4.98 Å². The number of aryl methyl sites for hydroxylation is 1. The standard InChI is InChI=1S/C20H25ClN4O/c1-15-12-17(7-9-23-15)13-19-14-26-20(25-19)24-11-10-22-8-6-16-2-4-18(21)5-3-16/h2,4,7,9,12,14,22H,3,5-6,8,10-11,13H2,1H3,(H,24,25). The molecule has 138 valence electrons. The van der Waals surface area contributed by atoms with Gasteiger partial charge >= 0.3 is 0 Å². The molecular formula is C20H25ClN4O. The Bertz CT molecular complexity index is 782. The molecule has 0 saturated heterocycles. The van der Waals surface area contributed by atoms with Crippen molar-refractivity contribution in [2.75, 3.05) is 25.0 Å². The topological polar surface area (TPSA) is 63.0 Å². The minimum atomic E-state index is 0.572. The Kier molecular flexibility index (Phi) is 6.86. The van der Waals surface area contributed by atoms with Gasteiger partial charge in [-0.1, -0.05) is 23.3 Å². The number of rotatable bonds is 9. The van der Waals surface area contributed by atoms with Gasteiger partial charge in [0.2, 0.25) is 0 Å². The van der Waals surface area contributed by atoms with Gasteiger partial charge in [0.15, 0.2) is 0 Å². The highest BCUT2D eigenvalue weighted by Crippen LogP contribution is 2.22. The number of anilines is 1. The molecule has 5 nitrogen and oxygen atoms in total. The molecule has 2 aromatic rings. The average molecular weight is 373 g/mol. The van der Waals surface area contributed by atoms with E-state index < -0.39 is 0 Å². The molecule has 2 N–H and O–H groups in total. The number of halogens is 1. The minimum absolute atomic E-state index is 0.572. The molecule has 0 aliphatic heterocycles. The third-order valence-electron chi connectivity index (χ3n) is 4.28. The highest BCUT2D eigenvalue weighted by atomic mass is 35.5.